The predicted octanol–water partition coefficient (Wildman–Crippen LogP) is 4.19. The van der Waals surface area contributed by atoms with Crippen LogP contribution in [-0.4, -0.2) is 75.7 Å². The number of rotatable bonds is 8. The summed E-state index contributed by atoms with van der Waals surface area (Å²) in [6.45, 7) is 3.79. The monoisotopic (exact) mass is 587 g/mol. The van der Waals surface area contributed by atoms with E-state index in [9.17, 15) is 19.2 Å². The Bertz CT molecular complexity index is 1430. The van der Waals surface area contributed by atoms with Crippen molar-refractivity contribution >= 4 is 57.6 Å². The van der Waals surface area contributed by atoms with Crippen LogP contribution < -0.4 is 4.90 Å². The summed E-state index contributed by atoms with van der Waals surface area (Å²) in [5.74, 6) is -1.61. The first kappa shape index (κ1) is 28.7. The van der Waals surface area contributed by atoms with Crippen LogP contribution in [0.1, 0.15) is 32.7 Å². The number of thiocarbonyl (C=S) groups is 1. The Balaban J connectivity index is 1.11. The number of hydrogen-bond acceptors (Lipinski definition) is 8. The minimum Gasteiger partial charge on any atom is -0.454 e. The van der Waals surface area contributed by atoms with E-state index in [2.05, 4.69) is 21.9 Å². The number of benzene rings is 3. The fourth-order valence-corrected chi connectivity index (χ4v) is 6.30. The van der Waals surface area contributed by atoms with Crippen molar-refractivity contribution in [3.63, 3.8) is 0 Å². The molecule has 210 valence electrons. The Morgan fingerprint density at radius 3 is 2.12 bits per heavy atom. The van der Waals surface area contributed by atoms with Gasteiger partial charge in [-0.2, -0.15) is 0 Å². The first-order valence-electron chi connectivity index (χ1n) is 13.3. The molecule has 0 aliphatic carbocycles. The van der Waals surface area contributed by atoms with Crippen molar-refractivity contribution in [2.24, 2.45) is 0 Å². The van der Waals surface area contributed by atoms with Gasteiger partial charge >= 0.3 is 5.97 Å². The lowest BCUT2D eigenvalue weighted by molar-refractivity contribution is -0.121. The van der Waals surface area contributed by atoms with Crippen LogP contribution in [0.4, 0.5) is 5.69 Å². The molecule has 2 heterocycles. The summed E-state index contributed by atoms with van der Waals surface area (Å²) >= 11 is 6.92. The van der Waals surface area contributed by atoms with E-state index in [0.717, 1.165) is 37.6 Å². The van der Waals surface area contributed by atoms with Gasteiger partial charge in [-0.15, -0.1) is 0 Å². The second-order valence-corrected chi connectivity index (χ2v) is 11.6. The molecule has 2 amide bonds. The number of thioether (sulfide) groups is 1. The van der Waals surface area contributed by atoms with Crippen LogP contribution in [0.5, 0.6) is 0 Å². The summed E-state index contributed by atoms with van der Waals surface area (Å²) in [7, 11) is 0. The Morgan fingerprint density at radius 1 is 0.829 bits per heavy atom. The Hall–Kier alpha value is -3.86. The quantitative estimate of drug-likeness (QED) is 0.167. The first-order chi connectivity index (χ1) is 19.9. The van der Waals surface area contributed by atoms with Crippen molar-refractivity contribution in [2.45, 2.75) is 18.2 Å². The average Bonchev–Trinajstić information content (AvgIpc) is 3.28. The number of nitrogens with zero attached hydrogens (tertiary/aromatic N) is 3. The molecule has 0 radical (unpaired) electrons. The standard InChI is InChI=1S/C31H29N3O5S2/c35-26(23-9-5-2-6-10-23)21-39-30(38)24-11-13-25(14-12-24)34-28(36)19-27(29(34)37)41-31(40)33-17-15-32(16-18-33)20-22-7-3-1-4-8-22/h1-14,27H,15-21H2. The molecule has 2 aliphatic rings. The predicted molar refractivity (Wildman–Crippen MR) is 162 cm³/mol. The molecule has 0 saturated carbocycles. The second kappa shape index (κ2) is 13.2. The molecule has 0 spiro atoms. The van der Waals surface area contributed by atoms with Crippen LogP contribution in [0, 0.1) is 0 Å². The normalized spacial score (nSPS) is 17.5. The highest BCUT2D eigenvalue weighted by atomic mass is 32.2. The fraction of sp³-hybridized carbons (Fsp3) is 0.258. The molecule has 2 fully saturated rings. The number of piperazine rings is 1. The second-order valence-electron chi connectivity index (χ2n) is 9.80. The van der Waals surface area contributed by atoms with E-state index >= 15 is 0 Å². The summed E-state index contributed by atoms with van der Waals surface area (Å²) in [5.41, 5.74) is 2.32. The van der Waals surface area contributed by atoms with Crippen LogP contribution in [-0.2, 0) is 20.9 Å². The molecule has 0 N–H and O–H groups in total. The molecule has 5 rings (SSSR count). The fourth-order valence-electron chi connectivity index (χ4n) is 4.76. The number of esters is 1. The molecule has 2 saturated heterocycles. The van der Waals surface area contributed by atoms with Gasteiger partial charge in [0.25, 0.3) is 0 Å². The maximum Gasteiger partial charge on any atom is 0.338 e. The van der Waals surface area contributed by atoms with Gasteiger partial charge in [0.05, 0.1) is 11.3 Å². The van der Waals surface area contributed by atoms with Crippen molar-refractivity contribution < 1.29 is 23.9 Å². The van der Waals surface area contributed by atoms with E-state index in [4.69, 9.17) is 17.0 Å². The van der Waals surface area contributed by atoms with Gasteiger partial charge in [0.1, 0.15) is 9.57 Å². The molecular weight excluding hydrogens is 558 g/mol. The number of anilines is 1. The van der Waals surface area contributed by atoms with Gasteiger partial charge in [0, 0.05) is 44.7 Å². The summed E-state index contributed by atoms with van der Waals surface area (Å²) in [5, 5.41) is -0.592. The van der Waals surface area contributed by atoms with Crippen LogP contribution in [0.2, 0.25) is 0 Å². The van der Waals surface area contributed by atoms with E-state index in [1.807, 2.05) is 18.2 Å². The van der Waals surface area contributed by atoms with Gasteiger partial charge in [-0.3, -0.25) is 19.3 Å². The molecule has 10 heteroatoms. The topological polar surface area (TPSA) is 87.2 Å². The molecule has 0 bridgehead atoms. The average molecular weight is 588 g/mol. The van der Waals surface area contributed by atoms with Crippen molar-refractivity contribution in [3.8, 4) is 0 Å². The van der Waals surface area contributed by atoms with Crippen molar-refractivity contribution in [3.05, 3.63) is 102 Å². The summed E-state index contributed by atoms with van der Waals surface area (Å²) in [6.07, 6.45) is 0.0585. The third-order valence-corrected chi connectivity index (χ3v) is 8.68. The van der Waals surface area contributed by atoms with Gasteiger partial charge in [-0.05, 0) is 29.8 Å². The highest BCUT2D eigenvalue weighted by Crippen LogP contribution is 2.31. The van der Waals surface area contributed by atoms with Crippen LogP contribution in [0.3, 0.4) is 0 Å². The molecule has 3 aromatic rings. The minimum absolute atomic E-state index is 0.0585. The number of hydrogen-bond donors (Lipinski definition) is 0. The minimum atomic E-state index is -0.664. The summed E-state index contributed by atoms with van der Waals surface area (Å²) in [4.78, 5) is 56.2. The van der Waals surface area contributed by atoms with Crippen LogP contribution in [0.25, 0.3) is 0 Å². The van der Waals surface area contributed by atoms with Crippen LogP contribution in [0.15, 0.2) is 84.9 Å². The largest absolute Gasteiger partial charge is 0.454 e. The van der Waals surface area contributed by atoms with E-state index in [1.54, 1.807) is 30.3 Å². The number of ether oxygens (including phenoxy) is 1. The lowest BCUT2D eigenvalue weighted by Gasteiger charge is -2.36. The number of ketones is 1. The van der Waals surface area contributed by atoms with Gasteiger partial charge in [-0.25, -0.2) is 9.69 Å². The Morgan fingerprint density at radius 2 is 1.46 bits per heavy atom. The molecule has 1 unspecified atom stereocenters. The maximum absolute atomic E-state index is 13.2. The number of carbonyl (C=O) groups is 4. The van der Waals surface area contributed by atoms with E-state index in [0.29, 0.717) is 15.6 Å². The van der Waals surface area contributed by atoms with Gasteiger partial charge < -0.3 is 9.64 Å². The van der Waals surface area contributed by atoms with Gasteiger partial charge in [0.15, 0.2) is 12.4 Å². The molecule has 1 atom stereocenters. The van der Waals surface area contributed by atoms with E-state index < -0.39 is 11.2 Å². The van der Waals surface area contributed by atoms with Crippen LogP contribution >= 0.6 is 24.0 Å². The first-order valence-corrected chi connectivity index (χ1v) is 14.6. The Labute approximate surface area is 248 Å². The molecule has 2 aliphatic heterocycles. The number of amides is 2. The lowest BCUT2D eigenvalue weighted by atomic mass is 10.1. The smallest absolute Gasteiger partial charge is 0.338 e. The highest BCUT2D eigenvalue weighted by Gasteiger charge is 2.41. The zero-order valence-electron chi connectivity index (χ0n) is 22.3. The molecular formula is C31H29N3O5S2. The zero-order valence-corrected chi connectivity index (χ0v) is 23.9. The molecule has 3 aromatic carbocycles. The van der Waals surface area contributed by atoms with Crippen molar-refractivity contribution in [1.29, 1.82) is 0 Å². The van der Waals surface area contributed by atoms with E-state index in [1.165, 1.54) is 41.6 Å². The van der Waals surface area contributed by atoms with E-state index in [-0.39, 0.29) is 36.2 Å². The molecule has 41 heavy (non-hydrogen) atoms. The third kappa shape index (κ3) is 7.08. The third-order valence-electron chi connectivity index (χ3n) is 7.02. The number of imide groups is 1. The maximum atomic E-state index is 13.2. The van der Waals surface area contributed by atoms with Crippen molar-refractivity contribution in [1.82, 2.24) is 9.80 Å². The Kier molecular flexibility index (Phi) is 9.23. The zero-order chi connectivity index (χ0) is 28.8. The number of carbonyl (C=O) groups excluding carboxylic acids is 4. The van der Waals surface area contributed by atoms with Crippen molar-refractivity contribution in [2.75, 3.05) is 37.7 Å². The number of Topliss-reactive ketones (excluding diaryl/α,β-unsaturated/α-hetero) is 1. The SMILES string of the molecule is O=C(COC(=O)c1ccc(N2C(=O)CC(SC(=S)N3CCN(Cc4ccccc4)CC3)C2=O)cc1)c1ccccc1. The van der Waals surface area contributed by atoms with Gasteiger partial charge in [-0.1, -0.05) is 84.6 Å². The summed E-state index contributed by atoms with van der Waals surface area (Å²) < 4.78 is 5.77. The lowest BCUT2D eigenvalue weighted by Crippen LogP contribution is -2.47. The highest BCUT2D eigenvalue weighted by molar-refractivity contribution is 8.23. The van der Waals surface area contributed by atoms with Gasteiger partial charge in [0.2, 0.25) is 11.8 Å². The molecule has 8 nitrogen and oxygen atoms in total. The molecule has 0 aromatic heterocycles. The summed E-state index contributed by atoms with van der Waals surface area (Å²) in [6, 6.07) is 24.9.